The quantitative estimate of drug-likeness (QED) is 0.796. The molecule has 0 atom stereocenters. The second-order valence-corrected chi connectivity index (χ2v) is 5.68. The molecule has 0 aliphatic rings. The molecule has 1 aromatic carbocycles. The predicted octanol–water partition coefficient (Wildman–Crippen LogP) is 2.33. The molecule has 22 heavy (non-hydrogen) atoms. The highest BCUT2D eigenvalue weighted by molar-refractivity contribution is 7.10. The lowest BCUT2D eigenvalue weighted by Gasteiger charge is -2.06. The molecule has 0 fully saturated rings. The number of thiophene rings is 1. The maximum Gasteiger partial charge on any atom is 0.311 e. The van der Waals surface area contributed by atoms with E-state index in [4.69, 9.17) is 4.74 Å². The fraction of sp³-hybridized carbons (Fsp3) is 0.250. The molecular weight excluding hydrogens is 305 g/mol. The second kappa shape index (κ2) is 8.29. The van der Waals surface area contributed by atoms with E-state index in [1.807, 2.05) is 17.5 Å². The van der Waals surface area contributed by atoms with Crippen molar-refractivity contribution >= 4 is 23.2 Å². The Bertz CT molecular complexity index is 611. The lowest BCUT2D eigenvalue weighted by Crippen LogP contribution is -2.30. The summed E-state index contributed by atoms with van der Waals surface area (Å²) < 4.78 is 17.6. The van der Waals surface area contributed by atoms with E-state index in [2.05, 4.69) is 5.32 Å². The van der Waals surface area contributed by atoms with E-state index in [-0.39, 0.29) is 24.8 Å². The van der Waals surface area contributed by atoms with Gasteiger partial charge in [-0.15, -0.1) is 11.3 Å². The number of benzene rings is 1. The molecule has 2 rings (SSSR count). The average molecular weight is 321 g/mol. The van der Waals surface area contributed by atoms with Gasteiger partial charge in [0.15, 0.2) is 6.61 Å². The summed E-state index contributed by atoms with van der Waals surface area (Å²) >= 11 is 1.47. The van der Waals surface area contributed by atoms with Crippen LogP contribution in [-0.2, 0) is 27.2 Å². The Hall–Kier alpha value is -2.21. The Kier molecular flexibility index (Phi) is 6.09. The number of esters is 1. The highest BCUT2D eigenvalue weighted by atomic mass is 32.1. The summed E-state index contributed by atoms with van der Waals surface area (Å²) in [6.07, 6.45) is 0.773. The van der Waals surface area contributed by atoms with Crippen molar-refractivity contribution in [3.05, 3.63) is 58.0 Å². The van der Waals surface area contributed by atoms with Gasteiger partial charge in [0.2, 0.25) is 0 Å². The Morgan fingerprint density at radius 3 is 2.64 bits per heavy atom. The molecule has 0 saturated carbocycles. The molecule has 0 bridgehead atoms. The summed E-state index contributed by atoms with van der Waals surface area (Å²) in [5.74, 6) is -1.05. The zero-order valence-electron chi connectivity index (χ0n) is 11.9. The summed E-state index contributed by atoms with van der Waals surface area (Å²) in [6.45, 7) is 0.126. The monoisotopic (exact) mass is 321 g/mol. The van der Waals surface area contributed by atoms with Crippen molar-refractivity contribution in [2.24, 2.45) is 0 Å². The molecule has 0 aliphatic heterocycles. The van der Waals surface area contributed by atoms with E-state index in [1.54, 1.807) is 12.1 Å². The summed E-state index contributed by atoms with van der Waals surface area (Å²) in [5.41, 5.74) is 0.927. The predicted molar refractivity (Wildman–Crippen MR) is 82.1 cm³/mol. The van der Waals surface area contributed by atoms with E-state index in [9.17, 15) is 14.0 Å². The number of hydrogen-bond acceptors (Lipinski definition) is 4. The minimum atomic E-state index is -0.420. The molecule has 0 radical (unpaired) electrons. The number of halogens is 1. The first-order chi connectivity index (χ1) is 10.6. The Morgan fingerprint density at radius 2 is 1.95 bits per heavy atom. The fourth-order valence-corrected chi connectivity index (χ4v) is 2.49. The first kappa shape index (κ1) is 16.2. The highest BCUT2D eigenvalue weighted by Gasteiger charge is 2.08. The van der Waals surface area contributed by atoms with Crippen LogP contribution in [0.25, 0.3) is 0 Å². The zero-order chi connectivity index (χ0) is 15.8. The number of carbonyl (C=O) groups is 2. The number of hydrogen-bond donors (Lipinski definition) is 1. The van der Waals surface area contributed by atoms with Crippen molar-refractivity contribution in [1.82, 2.24) is 5.32 Å². The van der Waals surface area contributed by atoms with Crippen molar-refractivity contribution in [2.75, 3.05) is 13.2 Å². The molecular formula is C16H16FNO3S. The number of carbonyl (C=O) groups excluding carboxylic acids is 2. The topological polar surface area (TPSA) is 55.4 Å². The maximum atomic E-state index is 12.7. The maximum absolute atomic E-state index is 12.7. The third-order valence-corrected chi connectivity index (χ3v) is 3.79. The SMILES string of the molecule is O=C(COC(=O)Cc1cccs1)NCCc1ccc(F)cc1. The molecule has 4 nitrogen and oxygen atoms in total. The van der Waals surface area contributed by atoms with Crippen LogP contribution in [-0.4, -0.2) is 25.0 Å². The molecule has 0 aliphatic carbocycles. The molecule has 1 amide bonds. The van der Waals surface area contributed by atoms with Crippen LogP contribution in [0.5, 0.6) is 0 Å². The molecule has 0 unspecified atom stereocenters. The lowest BCUT2D eigenvalue weighted by molar-refractivity contribution is -0.147. The van der Waals surface area contributed by atoms with Gasteiger partial charge in [0.05, 0.1) is 6.42 Å². The van der Waals surface area contributed by atoms with E-state index in [0.29, 0.717) is 13.0 Å². The van der Waals surface area contributed by atoms with E-state index in [1.165, 1.54) is 23.5 Å². The van der Waals surface area contributed by atoms with Crippen LogP contribution in [0.1, 0.15) is 10.4 Å². The van der Waals surface area contributed by atoms with Gasteiger partial charge in [-0.05, 0) is 35.6 Å². The van der Waals surface area contributed by atoms with Gasteiger partial charge < -0.3 is 10.1 Å². The molecule has 0 spiro atoms. The van der Waals surface area contributed by atoms with Crippen LogP contribution < -0.4 is 5.32 Å². The normalized spacial score (nSPS) is 10.2. The van der Waals surface area contributed by atoms with Gasteiger partial charge in [0, 0.05) is 11.4 Å². The first-order valence-corrected chi connectivity index (χ1v) is 7.70. The van der Waals surface area contributed by atoms with Gasteiger partial charge >= 0.3 is 5.97 Å². The standard InChI is InChI=1S/C16H16FNO3S/c17-13-5-3-12(4-6-13)7-8-18-15(19)11-21-16(20)10-14-2-1-9-22-14/h1-6,9H,7-8,10-11H2,(H,18,19). The van der Waals surface area contributed by atoms with Crippen LogP contribution in [0.2, 0.25) is 0 Å². The number of rotatable bonds is 7. The summed E-state index contributed by atoms with van der Waals surface area (Å²) in [4.78, 5) is 24.0. The Balaban J connectivity index is 1.61. The molecule has 116 valence electrons. The fourth-order valence-electron chi connectivity index (χ4n) is 1.80. The van der Waals surface area contributed by atoms with Crippen molar-refractivity contribution in [3.63, 3.8) is 0 Å². The summed E-state index contributed by atoms with van der Waals surface area (Å²) in [6, 6.07) is 9.79. The molecule has 2 aromatic rings. The van der Waals surface area contributed by atoms with Gasteiger partial charge in [-0.3, -0.25) is 9.59 Å². The molecule has 1 N–H and O–H groups in total. The van der Waals surface area contributed by atoms with Gasteiger partial charge in [-0.2, -0.15) is 0 Å². The number of ether oxygens (including phenoxy) is 1. The minimum absolute atomic E-state index is 0.181. The summed E-state index contributed by atoms with van der Waals surface area (Å²) in [5, 5.41) is 4.53. The van der Waals surface area contributed by atoms with Crippen LogP contribution in [0.3, 0.4) is 0 Å². The number of nitrogens with one attached hydrogen (secondary N) is 1. The number of amides is 1. The largest absolute Gasteiger partial charge is 0.455 e. The second-order valence-electron chi connectivity index (χ2n) is 4.64. The third-order valence-electron chi connectivity index (χ3n) is 2.91. The lowest BCUT2D eigenvalue weighted by atomic mass is 10.1. The van der Waals surface area contributed by atoms with Crippen LogP contribution >= 0.6 is 11.3 Å². The molecule has 6 heteroatoms. The van der Waals surface area contributed by atoms with Gasteiger partial charge in [0.1, 0.15) is 5.82 Å². The van der Waals surface area contributed by atoms with Gasteiger partial charge in [-0.1, -0.05) is 18.2 Å². The van der Waals surface area contributed by atoms with Gasteiger partial charge in [0.25, 0.3) is 5.91 Å². The third kappa shape index (κ3) is 5.65. The zero-order valence-corrected chi connectivity index (χ0v) is 12.7. The first-order valence-electron chi connectivity index (χ1n) is 6.82. The average Bonchev–Trinajstić information content (AvgIpc) is 3.00. The van der Waals surface area contributed by atoms with Gasteiger partial charge in [-0.25, -0.2) is 4.39 Å². The molecule has 1 heterocycles. The van der Waals surface area contributed by atoms with Crippen molar-refractivity contribution < 1.29 is 18.7 Å². The Labute approximate surface area is 131 Å². The smallest absolute Gasteiger partial charge is 0.311 e. The highest BCUT2D eigenvalue weighted by Crippen LogP contribution is 2.09. The molecule has 0 saturated heterocycles. The Morgan fingerprint density at radius 1 is 1.18 bits per heavy atom. The van der Waals surface area contributed by atoms with Crippen LogP contribution in [0.15, 0.2) is 41.8 Å². The minimum Gasteiger partial charge on any atom is -0.455 e. The summed E-state index contributed by atoms with van der Waals surface area (Å²) in [7, 11) is 0. The molecule has 1 aromatic heterocycles. The van der Waals surface area contributed by atoms with E-state index in [0.717, 1.165) is 10.4 Å². The van der Waals surface area contributed by atoms with E-state index < -0.39 is 5.97 Å². The van der Waals surface area contributed by atoms with Crippen LogP contribution in [0.4, 0.5) is 4.39 Å². The van der Waals surface area contributed by atoms with Crippen LogP contribution in [0, 0.1) is 5.82 Å². The van der Waals surface area contributed by atoms with Crippen molar-refractivity contribution in [1.29, 1.82) is 0 Å². The van der Waals surface area contributed by atoms with Crippen molar-refractivity contribution in [3.8, 4) is 0 Å². The van der Waals surface area contributed by atoms with Crippen molar-refractivity contribution in [2.45, 2.75) is 12.8 Å². The van der Waals surface area contributed by atoms with E-state index >= 15 is 0 Å².